The normalized spacial score (nSPS) is 11.8. The first-order valence-electron chi connectivity index (χ1n) is 8.81. The molecule has 0 saturated carbocycles. The minimum Gasteiger partial charge on any atom is -0.383 e. The van der Waals surface area contributed by atoms with Gasteiger partial charge in [0.05, 0.1) is 13.2 Å². The number of hydrogen-bond donors (Lipinski definition) is 0. The highest BCUT2D eigenvalue weighted by Crippen LogP contribution is 2.25. The van der Waals surface area contributed by atoms with Crippen LogP contribution in [-0.4, -0.2) is 36.8 Å². The predicted octanol–water partition coefficient (Wildman–Crippen LogP) is 2.06. The molecule has 3 heterocycles. The molecule has 0 fully saturated rings. The number of ether oxygens (including phenoxy) is 1. The van der Waals surface area contributed by atoms with Gasteiger partial charge in [0.1, 0.15) is 0 Å². The lowest BCUT2D eigenvalue weighted by molar-refractivity contribution is 0.184. The number of fused-ring (bicyclic) bond motifs is 3. The molecule has 0 unspecified atom stereocenters. The van der Waals surface area contributed by atoms with Crippen molar-refractivity contribution in [2.24, 2.45) is 7.05 Å². The van der Waals surface area contributed by atoms with E-state index in [4.69, 9.17) is 16.3 Å². The van der Waals surface area contributed by atoms with Crippen LogP contribution in [0.5, 0.6) is 0 Å². The summed E-state index contributed by atoms with van der Waals surface area (Å²) in [7, 11) is 3.15. The molecule has 0 amide bonds. The molecule has 0 aliphatic carbocycles. The summed E-state index contributed by atoms with van der Waals surface area (Å²) in [6, 6.07) is 7.39. The summed E-state index contributed by atoms with van der Waals surface area (Å²) in [6.45, 7) is 4.35. The quantitative estimate of drug-likeness (QED) is 0.524. The maximum absolute atomic E-state index is 13.1. The van der Waals surface area contributed by atoms with E-state index in [1.54, 1.807) is 19.2 Å². The fraction of sp³-hybridized carbons (Fsp3) is 0.316. The zero-order valence-corrected chi connectivity index (χ0v) is 16.8. The lowest BCUT2D eigenvalue weighted by Crippen LogP contribution is -2.40. The van der Waals surface area contributed by atoms with Gasteiger partial charge < -0.3 is 4.74 Å². The molecule has 9 heteroatoms. The van der Waals surface area contributed by atoms with Crippen molar-refractivity contribution in [3.63, 3.8) is 0 Å². The lowest BCUT2D eigenvalue weighted by Gasteiger charge is -2.08. The summed E-state index contributed by atoms with van der Waals surface area (Å²) in [5, 5.41) is 0.637. The standard InChI is InChI=1S/C19H20ClN5O3/c1-11-12(2)25-15-16(22(3)19(27)23(17(15)26)9-10-28-4)21-18(25)24(11)14-7-5-13(20)6-8-14/h5-8H,9-10H2,1-4H3. The van der Waals surface area contributed by atoms with Crippen LogP contribution in [0.3, 0.4) is 0 Å². The summed E-state index contributed by atoms with van der Waals surface area (Å²) >= 11 is 6.02. The third-order valence-electron chi connectivity index (χ3n) is 5.12. The third-order valence-corrected chi connectivity index (χ3v) is 5.37. The number of imidazole rings is 2. The summed E-state index contributed by atoms with van der Waals surface area (Å²) in [5.41, 5.74) is 2.64. The molecule has 0 saturated heterocycles. The molecule has 0 spiro atoms. The molecule has 4 aromatic rings. The Hall–Kier alpha value is -2.84. The van der Waals surface area contributed by atoms with Crippen LogP contribution in [-0.2, 0) is 18.3 Å². The molecule has 0 bridgehead atoms. The van der Waals surface area contributed by atoms with Gasteiger partial charge in [-0.15, -0.1) is 0 Å². The molecule has 28 heavy (non-hydrogen) atoms. The Kier molecular flexibility index (Phi) is 4.40. The number of aryl methyl sites for hydroxylation is 2. The van der Waals surface area contributed by atoms with Crippen molar-refractivity contribution in [1.29, 1.82) is 0 Å². The van der Waals surface area contributed by atoms with E-state index in [1.807, 2.05) is 34.9 Å². The molecule has 1 aromatic carbocycles. The number of benzene rings is 1. The first-order chi connectivity index (χ1) is 13.4. The van der Waals surface area contributed by atoms with E-state index in [0.29, 0.717) is 22.0 Å². The van der Waals surface area contributed by atoms with Crippen LogP contribution in [0.25, 0.3) is 22.6 Å². The van der Waals surface area contributed by atoms with Crippen molar-refractivity contribution in [3.8, 4) is 5.69 Å². The van der Waals surface area contributed by atoms with E-state index in [1.165, 1.54) is 16.2 Å². The number of rotatable bonds is 4. The first-order valence-corrected chi connectivity index (χ1v) is 9.19. The molecule has 0 aliphatic heterocycles. The topological polar surface area (TPSA) is 75.5 Å². The number of halogens is 1. The van der Waals surface area contributed by atoms with Gasteiger partial charge in [0.25, 0.3) is 5.56 Å². The van der Waals surface area contributed by atoms with E-state index in [9.17, 15) is 9.59 Å². The molecule has 4 rings (SSSR count). The average Bonchev–Trinajstić information content (AvgIpc) is 3.17. The number of hydrogen-bond acceptors (Lipinski definition) is 4. The number of methoxy groups -OCH3 is 1. The zero-order valence-electron chi connectivity index (χ0n) is 16.1. The van der Waals surface area contributed by atoms with E-state index >= 15 is 0 Å². The zero-order chi connectivity index (χ0) is 20.2. The molecule has 0 atom stereocenters. The van der Waals surface area contributed by atoms with Crippen LogP contribution < -0.4 is 11.2 Å². The van der Waals surface area contributed by atoms with Gasteiger partial charge in [-0.3, -0.25) is 22.9 Å². The van der Waals surface area contributed by atoms with Crippen LogP contribution in [0, 0.1) is 13.8 Å². The molecular formula is C19H20ClN5O3. The number of nitrogens with zero attached hydrogens (tertiary/aromatic N) is 5. The van der Waals surface area contributed by atoms with Gasteiger partial charge in [0, 0.05) is 36.3 Å². The van der Waals surface area contributed by atoms with Gasteiger partial charge in [-0.25, -0.2) is 4.79 Å². The fourth-order valence-corrected chi connectivity index (χ4v) is 3.66. The SMILES string of the molecule is COCCn1c(=O)c2c(nc3n(-c4ccc(Cl)cc4)c(C)c(C)n23)n(C)c1=O. The monoisotopic (exact) mass is 401 g/mol. The maximum atomic E-state index is 13.1. The summed E-state index contributed by atoms with van der Waals surface area (Å²) < 4.78 is 11.4. The largest absolute Gasteiger partial charge is 0.383 e. The Bertz CT molecular complexity index is 1320. The molecule has 3 aromatic heterocycles. The third kappa shape index (κ3) is 2.52. The van der Waals surface area contributed by atoms with Gasteiger partial charge in [0.2, 0.25) is 5.78 Å². The van der Waals surface area contributed by atoms with Gasteiger partial charge in [-0.05, 0) is 38.1 Å². The summed E-state index contributed by atoms with van der Waals surface area (Å²) in [6.07, 6.45) is 0. The second-order valence-corrected chi connectivity index (χ2v) is 7.13. The Labute approximate surface area is 165 Å². The van der Waals surface area contributed by atoms with Crippen molar-refractivity contribution in [1.82, 2.24) is 23.1 Å². The van der Waals surface area contributed by atoms with Gasteiger partial charge in [-0.2, -0.15) is 4.98 Å². The highest BCUT2D eigenvalue weighted by molar-refractivity contribution is 6.30. The highest BCUT2D eigenvalue weighted by Gasteiger charge is 2.23. The second kappa shape index (κ2) is 6.65. The maximum Gasteiger partial charge on any atom is 0.332 e. The average molecular weight is 402 g/mol. The molecule has 0 N–H and O–H groups in total. The summed E-state index contributed by atoms with van der Waals surface area (Å²) in [4.78, 5) is 30.4. The molecule has 0 radical (unpaired) electrons. The number of aromatic nitrogens is 5. The van der Waals surface area contributed by atoms with E-state index in [-0.39, 0.29) is 18.7 Å². The van der Waals surface area contributed by atoms with E-state index < -0.39 is 5.69 Å². The lowest BCUT2D eigenvalue weighted by atomic mass is 10.3. The van der Waals surface area contributed by atoms with Gasteiger partial charge >= 0.3 is 5.69 Å². The van der Waals surface area contributed by atoms with E-state index in [2.05, 4.69) is 4.98 Å². The predicted molar refractivity (Wildman–Crippen MR) is 108 cm³/mol. The van der Waals surface area contributed by atoms with Crippen LogP contribution in [0.4, 0.5) is 0 Å². The molecule has 8 nitrogen and oxygen atoms in total. The van der Waals surface area contributed by atoms with Crippen molar-refractivity contribution >= 4 is 28.5 Å². The fourth-order valence-electron chi connectivity index (χ4n) is 3.53. The molecule has 146 valence electrons. The van der Waals surface area contributed by atoms with E-state index in [0.717, 1.165) is 17.1 Å². The minimum absolute atomic E-state index is 0.182. The van der Waals surface area contributed by atoms with Gasteiger partial charge in [-0.1, -0.05) is 11.6 Å². The van der Waals surface area contributed by atoms with Crippen LogP contribution >= 0.6 is 11.6 Å². The molecular weight excluding hydrogens is 382 g/mol. The second-order valence-electron chi connectivity index (χ2n) is 6.69. The Balaban J connectivity index is 2.13. The van der Waals surface area contributed by atoms with Crippen molar-refractivity contribution < 1.29 is 4.74 Å². The Morgan fingerprint density at radius 1 is 1.11 bits per heavy atom. The van der Waals surface area contributed by atoms with Crippen LogP contribution in [0.2, 0.25) is 5.02 Å². The molecule has 0 aliphatic rings. The summed E-state index contributed by atoms with van der Waals surface area (Å²) in [5.74, 6) is 0.573. The van der Waals surface area contributed by atoms with Crippen LogP contribution in [0.15, 0.2) is 33.9 Å². The van der Waals surface area contributed by atoms with Crippen molar-refractivity contribution in [2.75, 3.05) is 13.7 Å². The van der Waals surface area contributed by atoms with Crippen LogP contribution in [0.1, 0.15) is 11.4 Å². The Morgan fingerprint density at radius 2 is 1.79 bits per heavy atom. The highest BCUT2D eigenvalue weighted by atomic mass is 35.5. The minimum atomic E-state index is -0.414. The van der Waals surface area contributed by atoms with Gasteiger partial charge in [0.15, 0.2) is 11.2 Å². The van der Waals surface area contributed by atoms with Crippen molar-refractivity contribution in [2.45, 2.75) is 20.4 Å². The van der Waals surface area contributed by atoms with Crippen molar-refractivity contribution in [3.05, 3.63) is 61.5 Å². The Morgan fingerprint density at radius 3 is 2.43 bits per heavy atom. The smallest absolute Gasteiger partial charge is 0.332 e. The first kappa shape index (κ1) is 18.5.